The first kappa shape index (κ1) is 15.2. The Kier molecular flexibility index (Phi) is 5.19. The third-order valence-corrected chi connectivity index (χ3v) is 4.34. The quantitative estimate of drug-likeness (QED) is 0.818. The van der Waals surface area contributed by atoms with E-state index in [-0.39, 0.29) is 6.10 Å². The maximum absolute atomic E-state index is 5.86. The van der Waals surface area contributed by atoms with Crippen LogP contribution in [0.5, 0.6) is 0 Å². The highest BCUT2D eigenvalue weighted by atomic mass is 16.5. The number of aryl methyl sites for hydroxylation is 1. The molecule has 1 aromatic carbocycles. The molecule has 0 N–H and O–H groups in total. The van der Waals surface area contributed by atoms with E-state index in [2.05, 4.69) is 52.2 Å². The Morgan fingerprint density at radius 2 is 2.18 bits per heavy atom. The number of ether oxygens (including phenoxy) is 1. The van der Waals surface area contributed by atoms with Crippen molar-refractivity contribution in [3.8, 4) is 0 Å². The molecule has 1 aliphatic rings. The molecule has 1 fully saturated rings. The summed E-state index contributed by atoms with van der Waals surface area (Å²) in [4.78, 5) is 6.52. The van der Waals surface area contributed by atoms with Gasteiger partial charge >= 0.3 is 0 Å². The minimum atomic E-state index is 0.203. The number of rotatable bonds is 6. The van der Waals surface area contributed by atoms with Gasteiger partial charge in [-0.2, -0.15) is 5.10 Å². The van der Waals surface area contributed by atoms with Crippen molar-refractivity contribution < 1.29 is 4.74 Å². The second-order valence-electron chi connectivity index (χ2n) is 5.98. The van der Waals surface area contributed by atoms with E-state index < -0.39 is 0 Å². The van der Waals surface area contributed by atoms with E-state index in [9.17, 15) is 0 Å². The van der Waals surface area contributed by atoms with E-state index in [4.69, 9.17) is 4.74 Å². The zero-order valence-electron chi connectivity index (χ0n) is 13.1. The number of benzene rings is 1. The van der Waals surface area contributed by atoms with Crippen molar-refractivity contribution in [1.29, 1.82) is 0 Å². The number of aromatic nitrogens is 3. The van der Waals surface area contributed by atoms with Crippen molar-refractivity contribution in [3.05, 3.63) is 48.5 Å². The molecule has 5 heteroatoms. The fourth-order valence-electron chi connectivity index (χ4n) is 2.99. The Balaban J connectivity index is 1.48. The zero-order chi connectivity index (χ0) is 15.2. The highest BCUT2D eigenvalue weighted by Crippen LogP contribution is 2.14. The SMILES string of the molecule is CC(CCc1ccccc1)N1CCOC(Cn2cncn2)C1. The van der Waals surface area contributed by atoms with E-state index in [0.717, 1.165) is 32.7 Å². The van der Waals surface area contributed by atoms with Gasteiger partial charge in [0.05, 0.1) is 19.3 Å². The van der Waals surface area contributed by atoms with Crippen LogP contribution in [0.15, 0.2) is 43.0 Å². The lowest BCUT2D eigenvalue weighted by Crippen LogP contribution is -2.48. The highest BCUT2D eigenvalue weighted by molar-refractivity contribution is 5.14. The second-order valence-corrected chi connectivity index (χ2v) is 5.98. The van der Waals surface area contributed by atoms with Crippen LogP contribution in [0.1, 0.15) is 18.9 Å². The van der Waals surface area contributed by atoms with Crippen molar-refractivity contribution in [2.24, 2.45) is 0 Å². The normalized spacial score (nSPS) is 20.9. The Morgan fingerprint density at radius 1 is 1.32 bits per heavy atom. The van der Waals surface area contributed by atoms with E-state index >= 15 is 0 Å². The molecule has 2 aromatic rings. The van der Waals surface area contributed by atoms with Crippen LogP contribution in [0.4, 0.5) is 0 Å². The molecule has 22 heavy (non-hydrogen) atoms. The summed E-state index contributed by atoms with van der Waals surface area (Å²) < 4.78 is 7.71. The molecule has 0 spiro atoms. The van der Waals surface area contributed by atoms with Crippen molar-refractivity contribution in [3.63, 3.8) is 0 Å². The fraction of sp³-hybridized carbons (Fsp3) is 0.529. The molecular formula is C17H24N4O. The van der Waals surface area contributed by atoms with Crippen molar-refractivity contribution in [2.45, 2.75) is 38.5 Å². The van der Waals surface area contributed by atoms with Gasteiger partial charge in [0.15, 0.2) is 0 Å². The molecule has 1 saturated heterocycles. The molecule has 0 bridgehead atoms. The Hall–Kier alpha value is -1.72. The average molecular weight is 300 g/mol. The summed E-state index contributed by atoms with van der Waals surface area (Å²) in [7, 11) is 0. The summed E-state index contributed by atoms with van der Waals surface area (Å²) in [6, 6.07) is 11.3. The summed E-state index contributed by atoms with van der Waals surface area (Å²) in [5.74, 6) is 0. The van der Waals surface area contributed by atoms with Gasteiger partial charge in [0.2, 0.25) is 0 Å². The Labute approximate surface area is 131 Å². The van der Waals surface area contributed by atoms with Crippen LogP contribution in [0.3, 0.4) is 0 Å². The monoisotopic (exact) mass is 300 g/mol. The van der Waals surface area contributed by atoms with Crippen molar-refractivity contribution in [2.75, 3.05) is 19.7 Å². The predicted octanol–water partition coefficient (Wildman–Crippen LogP) is 2.00. The first-order valence-electron chi connectivity index (χ1n) is 8.03. The number of hydrogen-bond acceptors (Lipinski definition) is 4. The van der Waals surface area contributed by atoms with Gasteiger partial charge in [-0.1, -0.05) is 30.3 Å². The molecule has 1 aliphatic heterocycles. The van der Waals surface area contributed by atoms with Gasteiger partial charge in [-0.05, 0) is 25.3 Å². The Morgan fingerprint density at radius 3 is 2.95 bits per heavy atom. The number of morpholine rings is 1. The lowest BCUT2D eigenvalue weighted by molar-refractivity contribution is -0.0500. The minimum absolute atomic E-state index is 0.203. The van der Waals surface area contributed by atoms with Crippen molar-refractivity contribution >= 4 is 0 Å². The fourth-order valence-corrected chi connectivity index (χ4v) is 2.99. The second kappa shape index (κ2) is 7.51. The maximum atomic E-state index is 5.86. The van der Waals surface area contributed by atoms with Gasteiger partial charge < -0.3 is 4.74 Å². The molecule has 3 rings (SSSR count). The molecular weight excluding hydrogens is 276 g/mol. The molecule has 0 saturated carbocycles. The molecule has 1 aromatic heterocycles. The highest BCUT2D eigenvalue weighted by Gasteiger charge is 2.24. The van der Waals surface area contributed by atoms with E-state index in [0.29, 0.717) is 6.04 Å². The number of nitrogens with zero attached hydrogens (tertiary/aromatic N) is 4. The van der Waals surface area contributed by atoms with Crippen LogP contribution < -0.4 is 0 Å². The molecule has 2 atom stereocenters. The molecule has 0 amide bonds. The van der Waals surface area contributed by atoms with E-state index in [1.165, 1.54) is 12.0 Å². The van der Waals surface area contributed by atoms with Gasteiger partial charge in [0, 0.05) is 19.1 Å². The summed E-state index contributed by atoms with van der Waals surface area (Å²) in [6.45, 7) is 5.89. The standard InChI is InChI=1S/C17H24N4O/c1-15(7-8-16-5-3-2-4-6-16)20-9-10-22-17(11-20)12-21-14-18-13-19-21/h2-6,13-15,17H,7-12H2,1H3. The van der Waals surface area contributed by atoms with Crippen LogP contribution in [-0.2, 0) is 17.7 Å². The largest absolute Gasteiger partial charge is 0.374 e. The summed E-state index contributed by atoms with van der Waals surface area (Å²) in [5.41, 5.74) is 1.42. The molecule has 2 unspecified atom stereocenters. The molecule has 118 valence electrons. The topological polar surface area (TPSA) is 43.2 Å². The van der Waals surface area contributed by atoms with Crippen molar-refractivity contribution in [1.82, 2.24) is 19.7 Å². The first-order valence-corrected chi connectivity index (χ1v) is 8.03. The minimum Gasteiger partial charge on any atom is -0.374 e. The van der Waals surface area contributed by atoms with Gasteiger partial charge in [0.1, 0.15) is 12.7 Å². The zero-order valence-corrected chi connectivity index (χ0v) is 13.1. The van der Waals surface area contributed by atoms with E-state index in [1.54, 1.807) is 12.7 Å². The third-order valence-electron chi connectivity index (χ3n) is 4.34. The summed E-state index contributed by atoms with van der Waals surface area (Å²) >= 11 is 0. The first-order chi connectivity index (χ1) is 10.8. The van der Waals surface area contributed by atoms with Crippen LogP contribution in [0, 0.1) is 0 Å². The molecule has 5 nitrogen and oxygen atoms in total. The van der Waals surface area contributed by atoms with Gasteiger partial charge in [0.25, 0.3) is 0 Å². The van der Waals surface area contributed by atoms with Crippen LogP contribution in [0.2, 0.25) is 0 Å². The lowest BCUT2D eigenvalue weighted by atomic mass is 10.0. The number of hydrogen-bond donors (Lipinski definition) is 0. The summed E-state index contributed by atoms with van der Waals surface area (Å²) in [5, 5.41) is 4.16. The van der Waals surface area contributed by atoms with Crippen LogP contribution in [-0.4, -0.2) is 51.5 Å². The van der Waals surface area contributed by atoms with Crippen LogP contribution in [0.25, 0.3) is 0 Å². The van der Waals surface area contributed by atoms with Gasteiger partial charge in [-0.3, -0.25) is 9.58 Å². The smallest absolute Gasteiger partial charge is 0.137 e. The predicted molar refractivity (Wildman–Crippen MR) is 85.6 cm³/mol. The lowest BCUT2D eigenvalue weighted by Gasteiger charge is -2.36. The maximum Gasteiger partial charge on any atom is 0.137 e. The Bertz CT molecular complexity index is 543. The van der Waals surface area contributed by atoms with Gasteiger partial charge in [-0.25, -0.2) is 4.98 Å². The van der Waals surface area contributed by atoms with Gasteiger partial charge in [-0.15, -0.1) is 0 Å². The molecule has 0 radical (unpaired) electrons. The van der Waals surface area contributed by atoms with Crippen LogP contribution >= 0.6 is 0 Å². The third kappa shape index (κ3) is 4.15. The molecule has 0 aliphatic carbocycles. The molecule has 2 heterocycles. The summed E-state index contributed by atoms with van der Waals surface area (Å²) in [6.07, 6.45) is 5.84. The average Bonchev–Trinajstić information content (AvgIpc) is 3.07. The van der Waals surface area contributed by atoms with E-state index in [1.807, 2.05) is 4.68 Å².